The summed E-state index contributed by atoms with van der Waals surface area (Å²) in [5.41, 5.74) is 0. The van der Waals surface area contributed by atoms with Gasteiger partial charge in [0, 0.05) is 0 Å². The Bertz CT molecular complexity index is 55.1. The van der Waals surface area contributed by atoms with E-state index >= 15 is 0 Å². The fraction of sp³-hybridized carbons (Fsp3) is 0. The van der Waals surface area contributed by atoms with Gasteiger partial charge in [0.2, 0.25) is 0 Å². The summed E-state index contributed by atoms with van der Waals surface area (Å²) in [6.07, 6.45) is 0. The zero-order valence-corrected chi connectivity index (χ0v) is 5.18. The molecule has 0 aliphatic carbocycles. The summed E-state index contributed by atoms with van der Waals surface area (Å²) < 4.78 is 78.0. The standard InChI is InChI=1S/2BF4.Li/c2*2-1(3,4)5;/q2*-1;+1. The van der Waals surface area contributed by atoms with E-state index in [-0.39, 0.29) is 18.9 Å². The molecule has 0 unspecified atom stereocenters. The largest absolute Gasteiger partial charge is 1.00 e. The smallest absolute Gasteiger partial charge is 0.418 e. The van der Waals surface area contributed by atoms with Crippen molar-refractivity contribution in [1.29, 1.82) is 0 Å². The number of hydrogen-bond acceptors (Lipinski definition) is 0. The van der Waals surface area contributed by atoms with E-state index in [0.29, 0.717) is 0 Å². The quantitative estimate of drug-likeness (QED) is 0.352. The summed E-state index contributed by atoms with van der Waals surface area (Å²) in [5.74, 6) is 0. The average molecular weight is 181 g/mol. The van der Waals surface area contributed by atoms with Crippen LogP contribution in [0.25, 0.3) is 0 Å². The van der Waals surface area contributed by atoms with Crippen LogP contribution in [0.15, 0.2) is 0 Å². The predicted octanol–water partition coefficient (Wildman–Crippen LogP) is -0.396. The monoisotopic (exact) mass is 181 g/mol. The van der Waals surface area contributed by atoms with Crippen molar-refractivity contribution in [1.82, 2.24) is 0 Å². The van der Waals surface area contributed by atoms with Crippen molar-refractivity contribution < 1.29 is 53.4 Å². The molecule has 0 nitrogen and oxygen atoms in total. The second-order valence-corrected chi connectivity index (χ2v) is 0.990. The fourth-order valence-corrected chi connectivity index (χ4v) is 0. The van der Waals surface area contributed by atoms with Crippen molar-refractivity contribution in [3.8, 4) is 0 Å². The Morgan fingerprint density at radius 3 is 0.455 bits per heavy atom. The van der Waals surface area contributed by atoms with Crippen molar-refractivity contribution in [2.24, 2.45) is 0 Å². The summed E-state index contributed by atoms with van der Waals surface area (Å²) in [6.45, 7) is 0. The molecule has 0 bridgehead atoms. The van der Waals surface area contributed by atoms with E-state index < -0.39 is 14.5 Å². The van der Waals surface area contributed by atoms with Gasteiger partial charge in [0.15, 0.2) is 0 Å². The molecule has 0 aliphatic heterocycles. The van der Waals surface area contributed by atoms with Crippen LogP contribution in [0, 0.1) is 0 Å². The molecule has 11 heavy (non-hydrogen) atoms. The molecule has 0 saturated heterocycles. The van der Waals surface area contributed by atoms with E-state index in [1.165, 1.54) is 0 Å². The van der Waals surface area contributed by atoms with E-state index in [9.17, 15) is 34.5 Å². The second kappa shape index (κ2) is 5.77. The first kappa shape index (κ1) is 17.3. The Kier molecular flexibility index (Phi) is 9.08. The van der Waals surface area contributed by atoms with Gasteiger partial charge in [-0.1, -0.05) is 0 Å². The minimum Gasteiger partial charge on any atom is -0.418 e. The molecular formula is B2F8Li-. The van der Waals surface area contributed by atoms with Crippen LogP contribution in [0.2, 0.25) is 0 Å². The molecular weight excluding hydrogens is 181 g/mol. The fourth-order valence-electron chi connectivity index (χ4n) is 0. The maximum absolute atomic E-state index is 9.75. The van der Waals surface area contributed by atoms with E-state index in [4.69, 9.17) is 0 Å². The number of halogens is 8. The van der Waals surface area contributed by atoms with Gasteiger partial charge < -0.3 is 34.5 Å². The zero-order valence-electron chi connectivity index (χ0n) is 5.18. The Morgan fingerprint density at radius 2 is 0.455 bits per heavy atom. The minimum absolute atomic E-state index is 0. The third-order valence-corrected chi connectivity index (χ3v) is 0. The zero-order chi connectivity index (χ0) is 9.00. The average Bonchev–Trinajstić information content (AvgIpc) is 1.12. The normalized spacial score (nSPS) is 10.9. The Labute approximate surface area is 68.7 Å². The first-order chi connectivity index (χ1) is 4.00. The summed E-state index contributed by atoms with van der Waals surface area (Å²) in [5, 5.41) is 0. The van der Waals surface area contributed by atoms with Crippen LogP contribution in [0.4, 0.5) is 34.5 Å². The van der Waals surface area contributed by atoms with Gasteiger partial charge in [-0.25, -0.2) is 0 Å². The van der Waals surface area contributed by atoms with Crippen LogP contribution < -0.4 is 18.9 Å². The molecule has 0 heterocycles. The molecule has 64 valence electrons. The van der Waals surface area contributed by atoms with E-state index in [2.05, 4.69) is 0 Å². The molecule has 0 spiro atoms. The van der Waals surface area contributed by atoms with Crippen LogP contribution in [0.3, 0.4) is 0 Å². The number of rotatable bonds is 0. The molecule has 0 N–H and O–H groups in total. The molecule has 0 radical (unpaired) electrons. The molecule has 0 atom stereocenters. The van der Waals surface area contributed by atoms with Crippen LogP contribution in [-0.4, -0.2) is 14.5 Å². The van der Waals surface area contributed by atoms with Crippen LogP contribution in [-0.2, 0) is 0 Å². The summed E-state index contributed by atoms with van der Waals surface area (Å²) in [7, 11) is -12.0. The van der Waals surface area contributed by atoms with E-state index in [0.717, 1.165) is 0 Å². The van der Waals surface area contributed by atoms with E-state index in [1.807, 2.05) is 0 Å². The summed E-state index contributed by atoms with van der Waals surface area (Å²) in [4.78, 5) is 0. The van der Waals surface area contributed by atoms with Gasteiger partial charge >= 0.3 is 33.4 Å². The maximum atomic E-state index is 9.75. The second-order valence-electron chi connectivity index (χ2n) is 0.990. The number of hydrogen-bond donors (Lipinski definition) is 0. The molecule has 0 aliphatic rings. The van der Waals surface area contributed by atoms with Gasteiger partial charge in [-0.2, -0.15) is 0 Å². The Balaban J connectivity index is -0.000000107. The van der Waals surface area contributed by atoms with Crippen molar-refractivity contribution in [3.63, 3.8) is 0 Å². The van der Waals surface area contributed by atoms with Crippen molar-refractivity contribution in [2.45, 2.75) is 0 Å². The molecule has 11 heteroatoms. The van der Waals surface area contributed by atoms with Gasteiger partial charge in [-0.3, -0.25) is 0 Å². The predicted molar refractivity (Wildman–Crippen MR) is 20.4 cm³/mol. The third-order valence-electron chi connectivity index (χ3n) is 0. The van der Waals surface area contributed by atoms with Gasteiger partial charge in [0.25, 0.3) is 0 Å². The van der Waals surface area contributed by atoms with Gasteiger partial charge in [-0.05, 0) is 0 Å². The first-order valence-corrected chi connectivity index (χ1v) is 1.75. The van der Waals surface area contributed by atoms with Crippen molar-refractivity contribution >= 4 is 14.5 Å². The topological polar surface area (TPSA) is 0 Å². The molecule has 0 amide bonds. The van der Waals surface area contributed by atoms with Crippen LogP contribution >= 0.6 is 0 Å². The van der Waals surface area contributed by atoms with Crippen LogP contribution in [0.5, 0.6) is 0 Å². The minimum atomic E-state index is -6.00. The third kappa shape index (κ3) is 24200. The Hall–Kier alpha value is 0.167. The van der Waals surface area contributed by atoms with Crippen molar-refractivity contribution in [3.05, 3.63) is 0 Å². The molecule has 0 saturated carbocycles. The van der Waals surface area contributed by atoms with Gasteiger partial charge in [0.05, 0.1) is 0 Å². The summed E-state index contributed by atoms with van der Waals surface area (Å²) in [6, 6.07) is 0. The summed E-state index contributed by atoms with van der Waals surface area (Å²) >= 11 is 0. The molecule has 0 aromatic rings. The first-order valence-electron chi connectivity index (χ1n) is 1.75. The molecule has 0 fully saturated rings. The Morgan fingerprint density at radius 1 is 0.455 bits per heavy atom. The molecule has 0 rings (SSSR count). The maximum Gasteiger partial charge on any atom is 1.00 e. The molecule has 0 aromatic carbocycles. The SMILES string of the molecule is F[B-](F)(F)F.F[B-](F)(F)F.[Li+]. The molecule has 0 aromatic heterocycles. The van der Waals surface area contributed by atoms with Crippen molar-refractivity contribution in [2.75, 3.05) is 0 Å². The van der Waals surface area contributed by atoms with Gasteiger partial charge in [0.1, 0.15) is 0 Å². The van der Waals surface area contributed by atoms with E-state index in [1.54, 1.807) is 0 Å². The van der Waals surface area contributed by atoms with Gasteiger partial charge in [-0.15, -0.1) is 0 Å². The van der Waals surface area contributed by atoms with Crippen LogP contribution in [0.1, 0.15) is 0 Å².